The van der Waals surface area contributed by atoms with Gasteiger partial charge in [-0.05, 0) is 17.5 Å². The van der Waals surface area contributed by atoms with Crippen molar-refractivity contribution in [2.24, 2.45) is 0 Å². The van der Waals surface area contributed by atoms with Gasteiger partial charge in [-0.3, -0.25) is 0 Å². The van der Waals surface area contributed by atoms with Crippen molar-refractivity contribution in [2.45, 2.75) is 4.90 Å². The predicted octanol–water partition coefficient (Wildman–Crippen LogP) is 2.17. The molecule has 6 heteroatoms. The summed E-state index contributed by atoms with van der Waals surface area (Å²) in [6, 6.07) is 6.31. The maximum Gasteiger partial charge on any atom is 0.261 e. The molecule has 84 valence electrons. The molecule has 0 unspecified atom stereocenters. The number of rotatable bonds is 2. The number of aromatic nitrogens is 1. The summed E-state index contributed by atoms with van der Waals surface area (Å²) in [6.45, 7) is 0. The van der Waals surface area contributed by atoms with E-state index in [0.717, 1.165) is 5.39 Å². The quantitative estimate of drug-likeness (QED) is 0.774. The highest BCUT2D eigenvalue weighted by atomic mass is 35.7. The van der Waals surface area contributed by atoms with E-state index in [4.69, 9.17) is 15.4 Å². The van der Waals surface area contributed by atoms with Gasteiger partial charge >= 0.3 is 0 Å². The van der Waals surface area contributed by atoms with Gasteiger partial charge in [-0.15, -0.1) is 0 Å². The number of ether oxygens (including phenoxy) is 1. The van der Waals surface area contributed by atoms with Crippen LogP contribution in [-0.2, 0) is 9.05 Å². The summed E-state index contributed by atoms with van der Waals surface area (Å²) in [4.78, 5) is 4.05. The molecule has 0 aliphatic carbocycles. The van der Waals surface area contributed by atoms with Crippen LogP contribution in [0.3, 0.4) is 0 Å². The van der Waals surface area contributed by atoms with Crippen LogP contribution in [0, 0.1) is 0 Å². The first-order valence-corrected chi connectivity index (χ1v) is 6.70. The molecule has 0 saturated carbocycles. The second-order valence-electron chi connectivity index (χ2n) is 3.17. The summed E-state index contributed by atoms with van der Waals surface area (Å²) in [5.41, 5.74) is 0. The molecular weight excluding hydrogens is 250 g/mol. The van der Waals surface area contributed by atoms with E-state index in [9.17, 15) is 8.42 Å². The average Bonchev–Trinajstić information content (AvgIpc) is 2.26. The van der Waals surface area contributed by atoms with Crippen LogP contribution in [0.4, 0.5) is 0 Å². The number of hydrogen-bond acceptors (Lipinski definition) is 4. The first-order chi connectivity index (χ1) is 7.50. The molecule has 0 aliphatic heterocycles. The molecular formula is C10H8ClNO3S. The molecule has 0 spiro atoms. The van der Waals surface area contributed by atoms with Gasteiger partial charge in [-0.1, -0.05) is 6.07 Å². The highest BCUT2D eigenvalue weighted by molar-refractivity contribution is 8.13. The molecule has 0 radical (unpaired) electrons. The fourth-order valence-electron chi connectivity index (χ4n) is 1.36. The highest BCUT2D eigenvalue weighted by Crippen LogP contribution is 2.23. The molecule has 0 aliphatic rings. The molecule has 2 rings (SSSR count). The van der Waals surface area contributed by atoms with E-state index in [-0.39, 0.29) is 4.90 Å². The van der Waals surface area contributed by atoms with Crippen molar-refractivity contribution in [2.75, 3.05) is 7.11 Å². The Kier molecular flexibility index (Phi) is 2.73. The summed E-state index contributed by atoms with van der Waals surface area (Å²) in [7, 11) is 3.07. The standard InChI is InChI=1S/C10H8ClNO3S/c1-15-10-5-7-2-3-9(16(11,13)14)4-8(7)6-12-10/h2-6H,1H3. The minimum Gasteiger partial charge on any atom is -0.481 e. The van der Waals surface area contributed by atoms with Crippen LogP contribution in [0.25, 0.3) is 10.8 Å². The number of benzene rings is 1. The Morgan fingerprint density at radius 3 is 2.62 bits per heavy atom. The fourth-order valence-corrected chi connectivity index (χ4v) is 2.15. The van der Waals surface area contributed by atoms with Crippen molar-refractivity contribution in [3.8, 4) is 5.88 Å². The van der Waals surface area contributed by atoms with Crippen LogP contribution in [0.1, 0.15) is 0 Å². The molecule has 1 heterocycles. The van der Waals surface area contributed by atoms with Crippen LogP contribution in [0.5, 0.6) is 5.88 Å². The molecule has 16 heavy (non-hydrogen) atoms. The van der Waals surface area contributed by atoms with E-state index in [1.807, 2.05) is 0 Å². The van der Waals surface area contributed by atoms with Gasteiger partial charge in [-0.25, -0.2) is 13.4 Å². The second-order valence-corrected chi connectivity index (χ2v) is 5.74. The van der Waals surface area contributed by atoms with E-state index >= 15 is 0 Å². The van der Waals surface area contributed by atoms with E-state index in [1.165, 1.54) is 19.2 Å². The van der Waals surface area contributed by atoms with Crippen LogP contribution < -0.4 is 4.74 Å². The molecule has 0 fully saturated rings. The minimum atomic E-state index is -3.70. The Morgan fingerprint density at radius 1 is 1.25 bits per heavy atom. The summed E-state index contributed by atoms with van der Waals surface area (Å²) in [6.07, 6.45) is 1.54. The van der Waals surface area contributed by atoms with Crippen LogP contribution >= 0.6 is 10.7 Å². The lowest BCUT2D eigenvalue weighted by atomic mass is 10.2. The molecule has 0 saturated heterocycles. The zero-order valence-corrected chi connectivity index (χ0v) is 9.92. The lowest BCUT2D eigenvalue weighted by Gasteiger charge is -2.02. The molecule has 0 atom stereocenters. The third-order valence-electron chi connectivity index (χ3n) is 2.16. The number of fused-ring (bicyclic) bond motifs is 1. The lowest BCUT2D eigenvalue weighted by Crippen LogP contribution is -1.91. The second kappa shape index (κ2) is 3.92. The maximum absolute atomic E-state index is 11.1. The van der Waals surface area contributed by atoms with Gasteiger partial charge in [0.1, 0.15) is 0 Å². The molecule has 0 bridgehead atoms. The molecule has 1 aromatic carbocycles. The van der Waals surface area contributed by atoms with E-state index in [2.05, 4.69) is 4.98 Å². The Labute approximate surface area is 97.2 Å². The topological polar surface area (TPSA) is 56.3 Å². The van der Waals surface area contributed by atoms with E-state index in [0.29, 0.717) is 11.3 Å². The van der Waals surface area contributed by atoms with Crippen LogP contribution in [0.2, 0.25) is 0 Å². The number of pyridine rings is 1. The molecule has 1 aromatic heterocycles. The Bertz CT molecular complexity index is 640. The van der Waals surface area contributed by atoms with Crippen molar-refractivity contribution in [1.82, 2.24) is 4.98 Å². The number of halogens is 1. The number of nitrogens with zero attached hydrogens (tertiary/aromatic N) is 1. The predicted molar refractivity (Wildman–Crippen MR) is 61.3 cm³/mol. The number of hydrogen-bond donors (Lipinski definition) is 0. The maximum atomic E-state index is 11.1. The first-order valence-electron chi connectivity index (χ1n) is 4.39. The average molecular weight is 258 g/mol. The van der Waals surface area contributed by atoms with Gasteiger partial charge in [0.15, 0.2) is 0 Å². The van der Waals surface area contributed by atoms with Gasteiger partial charge in [0.25, 0.3) is 9.05 Å². The first kappa shape index (κ1) is 11.2. The molecule has 4 nitrogen and oxygen atoms in total. The van der Waals surface area contributed by atoms with E-state index < -0.39 is 9.05 Å². The van der Waals surface area contributed by atoms with Crippen molar-refractivity contribution >= 4 is 30.5 Å². The summed E-state index contributed by atoms with van der Waals surface area (Å²) in [5, 5.41) is 1.54. The molecule has 2 aromatic rings. The summed E-state index contributed by atoms with van der Waals surface area (Å²) >= 11 is 0. The van der Waals surface area contributed by atoms with Crippen molar-refractivity contribution in [3.05, 3.63) is 30.5 Å². The Balaban J connectivity index is 2.65. The highest BCUT2D eigenvalue weighted by Gasteiger charge is 2.10. The van der Waals surface area contributed by atoms with E-state index in [1.54, 1.807) is 18.3 Å². The van der Waals surface area contributed by atoms with Gasteiger partial charge < -0.3 is 4.74 Å². The normalized spacial score (nSPS) is 11.6. The monoisotopic (exact) mass is 257 g/mol. The van der Waals surface area contributed by atoms with Gasteiger partial charge in [-0.2, -0.15) is 0 Å². The summed E-state index contributed by atoms with van der Waals surface area (Å²) < 4.78 is 27.2. The lowest BCUT2D eigenvalue weighted by molar-refractivity contribution is 0.399. The van der Waals surface area contributed by atoms with Crippen molar-refractivity contribution in [3.63, 3.8) is 0 Å². The van der Waals surface area contributed by atoms with Gasteiger partial charge in [0, 0.05) is 28.3 Å². The van der Waals surface area contributed by atoms with Gasteiger partial charge in [0.05, 0.1) is 12.0 Å². The van der Waals surface area contributed by atoms with Crippen LogP contribution in [-0.4, -0.2) is 20.5 Å². The molecule has 0 amide bonds. The summed E-state index contributed by atoms with van der Waals surface area (Å²) in [5.74, 6) is 0.481. The van der Waals surface area contributed by atoms with Crippen molar-refractivity contribution in [1.29, 1.82) is 0 Å². The Hall–Kier alpha value is -1.33. The van der Waals surface area contributed by atoms with Crippen LogP contribution in [0.15, 0.2) is 35.4 Å². The SMILES string of the molecule is COc1cc2ccc(S(=O)(=O)Cl)cc2cn1. The van der Waals surface area contributed by atoms with Gasteiger partial charge in [0.2, 0.25) is 5.88 Å². The third kappa shape index (κ3) is 2.10. The third-order valence-corrected chi connectivity index (χ3v) is 3.51. The largest absolute Gasteiger partial charge is 0.481 e. The Morgan fingerprint density at radius 2 is 2.00 bits per heavy atom. The smallest absolute Gasteiger partial charge is 0.261 e. The fraction of sp³-hybridized carbons (Fsp3) is 0.100. The zero-order valence-electron chi connectivity index (χ0n) is 8.34. The van der Waals surface area contributed by atoms with Crippen molar-refractivity contribution < 1.29 is 13.2 Å². The zero-order chi connectivity index (χ0) is 11.8. The number of methoxy groups -OCH3 is 1. The molecule has 0 N–H and O–H groups in total. The minimum absolute atomic E-state index is 0.0635.